The molecule has 0 aromatic heterocycles. The van der Waals surface area contributed by atoms with Crippen LogP contribution in [0.4, 0.5) is 5.69 Å². The molecule has 0 radical (unpaired) electrons. The number of nitrogens with zero attached hydrogens (tertiary/aromatic N) is 1. The number of rotatable bonds is 1. The summed E-state index contributed by atoms with van der Waals surface area (Å²) >= 11 is 0. The first-order chi connectivity index (χ1) is 11.7. The number of allylic oxidation sites excluding steroid dienone is 2. The van der Waals surface area contributed by atoms with Crippen molar-refractivity contribution in [3.8, 4) is 0 Å². The van der Waals surface area contributed by atoms with Gasteiger partial charge in [-0.2, -0.15) is 0 Å². The quantitative estimate of drug-likeness (QED) is 0.596. The fraction of sp³-hybridized carbons (Fsp3) is 0.333. The van der Waals surface area contributed by atoms with Crippen molar-refractivity contribution < 1.29 is 9.59 Å². The highest BCUT2D eigenvalue weighted by molar-refractivity contribution is 6.23. The molecule has 6 rings (SSSR count). The van der Waals surface area contributed by atoms with E-state index < -0.39 is 0 Å². The number of imide groups is 1. The third kappa shape index (κ3) is 1.32. The Morgan fingerprint density at radius 1 is 0.833 bits per heavy atom. The van der Waals surface area contributed by atoms with Crippen LogP contribution in [0.15, 0.2) is 54.6 Å². The monoisotopic (exact) mass is 315 g/mol. The molecule has 3 nitrogen and oxygen atoms in total. The van der Waals surface area contributed by atoms with Crippen molar-refractivity contribution in [1.82, 2.24) is 0 Å². The van der Waals surface area contributed by atoms with Crippen LogP contribution in [0.1, 0.15) is 12.8 Å². The van der Waals surface area contributed by atoms with Gasteiger partial charge in [0.15, 0.2) is 0 Å². The first-order valence-electron chi connectivity index (χ1n) is 8.76. The highest BCUT2D eigenvalue weighted by Gasteiger charge is 2.73. The summed E-state index contributed by atoms with van der Waals surface area (Å²) in [6.45, 7) is 0. The summed E-state index contributed by atoms with van der Waals surface area (Å²) in [5.74, 6) is 0.360. The van der Waals surface area contributed by atoms with Crippen LogP contribution in [0.3, 0.4) is 0 Å². The fourth-order valence-electron chi connectivity index (χ4n) is 5.65. The van der Waals surface area contributed by atoms with Crippen LogP contribution in [-0.4, -0.2) is 11.8 Å². The van der Waals surface area contributed by atoms with E-state index in [1.165, 1.54) is 17.7 Å². The molecule has 1 spiro atoms. The van der Waals surface area contributed by atoms with Crippen LogP contribution in [-0.2, 0) is 9.59 Å². The van der Waals surface area contributed by atoms with Crippen molar-refractivity contribution in [2.45, 2.75) is 12.8 Å². The van der Waals surface area contributed by atoms with E-state index >= 15 is 0 Å². The molecule has 1 aliphatic heterocycles. The van der Waals surface area contributed by atoms with E-state index in [-0.39, 0.29) is 40.9 Å². The molecule has 2 bridgehead atoms. The maximum atomic E-state index is 13.1. The lowest BCUT2D eigenvalue weighted by Crippen LogP contribution is -2.34. The Morgan fingerprint density at radius 3 is 2.08 bits per heavy atom. The first-order valence-corrected chi connectivity index (χ1v) is 8.76. The van der Waals surface area contributed by atoms with Gasteiger partial charge >= 0.3 is 0 Å². The fourth-order valence-corrected chi connectivity index (χ4v) is 5.65. The predicted octanol–water partition coefficient (Wildman–Crippen LogP) is 3.54. The molecule has 3 aliphatic carbocycles. The molecule has 118 valence electrons. The molecule has 2 aromatic rings. The van der Waals surface area contributed by atoms with Gasteiger partial charge in [0, 0.05) is 0 Å². The lowest BCUT2D eigenvalue weighted by Gasteiger charge is -2.22. The van der Waals surface area contributed by atoms with E-state index in [2.05, 4.69) is 12.2 Å². The summed E-state index contributed by atoms with van der Waals surface area (Å²) in [5, 5.41) is 2.19. The zero-order valence-corrected chi connectivity index (χ0v) is 13.2. The van der Waals surface area contributed by atoms with E-state index in [9.17, 15) is 9.59 Å². The summed E-state index contributed by atoms with van der Waals surface area (Å²) in [4.78, 5) is 27.7. The summed E-state index contributed by atoms with van der Waals surface area (Å²) in [6.07, 6.45) is 6.79. The zero-order chi connectivity index (χ0) is 16.1. The van der Waals surface area contributed by atoms with Crippen LogP contribution in [0, 0.1) is 29.1 Å². The molecular formula is C21H17NO2. The molecule has 0 N–H and O–H groups in total. The highest BCUT2D eigenvalue weighted by atomic mass is 16.2. The van der Waals surface area contributed by atoms with Crippen molar-refractivity contribution in [2.75, 3.05) is 4.90 Å². The van der Waals surface area contributed by atoms with Crippen molar-refractivity contribution in [3.05, 3.63) is 54.6 Å². The van der Waals surface area contributed by atoms with Gasteiger partial charge in [-0.3, -0.25) is 9.59 Å². The Morgan fingerprint density at radius 2 is 1.46 bits per heavy atom. The minimum atomic E-state index is -0.124. The number of benzene rings is 2. The van der Waals surface area contributed by atoms with Crippen LogP contribution in [0.5, 0.6) is 0 Å². The van der Waals surface area contributed by atoms with Crippen LogP contribution in [0.2, 0.25) is 0 Å². The summed E-state index contributed by atoms with van der Waals surface area (Å²) in [6, 6.07) is 13.9. The molecule has 1 heterocycles. The smallest absolute Gasteiger partial charge is 0.238 e. The Bertz CT molecular complexity index is 921. The minimum Gasteiger partial charge on any atom is -0.274 e. The van der Waals surface area contributed by atoms with Crippen molar-refractivity contribution in [2.24, 2.45) is 29.1 Å². The van der Waals surface area contributed by atoms with E-state index in [0.29, 0.717) is 0 Å². The van der Waals surface area contributed by atoms with Gasteiger partial charge in [-0.25, -0.2) is 4.90 Å². The molecule has 24 heavy (non-hydrogen) atoms. The number of hydrogen-bond acceptors (Lipinski definition) is 2. The third-order valence-corrected chi connectivity index (χ3v) is 6.84. The number of fused-ring (bicyclic) bond motifs is 4. The molecule has 3 fully saturated rings. The maximum absolute atomic E-state index is 13.1. The van der Waals surface area contributed by atoms with Gasteiger partial charge in [0.1, 0.15) is 0 Å². The molecular weight excluding hydrogens is 298 g/mol. The molecule has 2 aromatic carbocycles. The van der Waals surface area contributed by atoms with Gasteiger partial charge in [0.2, 0.25) is 11.8 Å². The molecule has 4 atom stereocenters. The van der Waals surface area contributed by atoms with Gasteiger partial charge in [-0.05, 0) is 53.0 Å². The lowest BCUT2D eigenvalue weighted by molar-refractivity contribution is -0.123. The summed E-state index contributed by atoms with van der Waals surface area (Å²) < 4.78 is 0. The zero-order valence-electron chi connectivity index (χ0n) is 13.2. The number of carbonyl (C=O) groups is 2. The van der Waals surface area contributed by atoms with Crippen molar-refractivity contribution >= 4 is 28.3 Å². The lowest BCUT2D eigenvalue weighted by atomic mass is 9.85. The second kappa shape index (κ2) is 3.97. The number of amides is 2. The topological polar surface area (TPSA) is 37.4 Å². The van der Waals surface area contributed by atoms with Gasteiger partial charge in [0.25, 0.3) is 0 Å². The molecule has 4 unspecified atom stereocenters. The summed E-state index contributed by atoms with van der Waals surface area (Å²) in [7, 11) is 0. The van der Waals surface area contributed by atoms with Gasteiger partial charge in [-0.15, -0.1) is 0 Å². The van der Waals surface area contributed by atoms with Gasteiger partial charge in [0.05, 0.1) is 17.5 Å². The standard InChI is InChI=1S/C21H17NO2/c23-19-17-15-7-8-16(21(15)9-10-21)18(17)20(24)22(19)14-6-5-12-3-1-2-4-13(12)11-14/h1-8,11,15-18H,9-10H2. The molecule has 2 amide bonds. The van der Waals surface area contributed by atoms with E-state index in [1.807, 2.05) is 42.5 Å². The van der Waals surface area contributed by atoms with E-state index in [0.717, 1.165) is 16.5 Å². The Hall–Kier alpha value is -2.42. The first kappa shape index (κ1) is 12.9. The summed E-state index contributed by atoms with van der Waals surface area (Å²) in [5.41, 5.74) is 0.984. The highest BCUT2D eigenvalue weighted by Crippen LogP contribution is 2.73. The Kier molecular flexibility index (Phi) is 2.14. The molecule has 1 saturated heterocycles. The Balaban J connectivity index is 1.45. The average molecular weight is 315 g/mol. The minimum absolute atomic E-state index is 0.0170. The van der Waals surface area contributed by atoms with Gasteiger partial charge in [-0.1, -0.05) is 42.5 Å². The maximum Gasteiger partial charge on any atom is 0.238 e. The second-order valence-electron chi connectivity index (χ2n) is 7.76. The second-order valence-corrected chi connectivity index (χ2v) is 7.76. The van der Waals surface area contributed by atoms with Crippen LogP contribution in [0.25, 0.3) is 10.8 Å². The van der Waals surface area contributed by atoms with Crippen molar-refractivity contribution in [3.63, 3.8) is 0 Å². The predicted molar refractivity (Wildman–Crippen MR) is 91.2 cm³/mol. The number of hydrogen-bond donors (Lipinski definition) is 0. The van der Waals surface area contributed by atoms with E-state index in [1.54, 1.807) is 0 Å². The number of anilines is 1. The van der Waals surface area contributed by atoms with Crippen LogP contribution >= 0.6 is 0 Å². The Labute approximate surface area is 139 Å². The molecule has 4 aliphatic rings. The van der Waals surface area contributed by atoms with Crippen molar-refractivity contribution in [1.29, 1.82) is 0 Å². The SMILES string of the molecule is O=C1C2C(C(=O)N1c1ccc3ccccc3c1)C1C=CC2C12CC2. The van der Waals surface area contributed by atoms with Gasteiger partial charge < -0.3 is 0 Å². The average Bonchev–Trinajstić information content (AvgIpc) is 3.20. The molecule has 3 heteroatoms. The largest absolute Gasteiger partial charge is 0.274 e. The third-order valence-electron chi connectivity index (χ3n) is 6.84. The van der Waals surface area contributed by atoms with Crippen LogP contribution < -0.4 is 4.90 Å². The van der Waals surface area contributed by atoms with E-state index in [4.69, 9.17) is 0 Å². The normalized spacial score (nSPS) is 34.6. The number of carbonyl (C=O) groups excluding carboxylic acids is 2. The molecule has 2 saturated carbocycles.